The topological polar surface area (TPSA) is 47.9 Å². The van der Waals surface area contributed by atoms with E-state index in [1.165, 1.54) is 5.56 Å². The molecule has 0 aliphatic carbocycles. The van der Waals surface area contributed by atoms with Crippen molar-refractivity contribution >= 4 is 11.3 Å². The van der Waals surface area contributed by atoms with Gasteiger partial charge in [-0.3, -0.25) is 0 Å². The first-order chi connectivity index (χ1) is 7.93. The molecular weight excluding hydrogens is 228 g/mol. The Morgan fingerprint density at radius 2 is 1.69 bits per heavy atom. The summed E-state index contributed by atoms with van der Waals surface area (Å²) < 4.78 is 15.7. The van der Waals surface area contributed by atoms with Gasteiger partial charge in [0.2, 0.25) is 0 Å². The molecular formula is C11H18O4S. The van der Waals surface area contributed by atoms with E-state index in [0.717, 1.165) is 0 Å². The third-order valence-corrected chi connectivity index (χ3v) is 2.56. The molecule has 92 valence electrons. The minimum Gasteiger partial charge on any atom is -0.394 e. The fourth-order valence-corrected chi connectivity index (χ4v) is 1.72. The number of aliphatic hydroxyl groups excluding tert-OH is 1. The molecule has 0 aromatic carbocycles. The number of ether oxygens (including phenoxy) is 3. The summed E-state index contributed by atoms with van der Waals surface area (Å²) in [4.78, 5) is 0. The molecule has 16 heavy (non-hydrogen) atoms. The molecule has 0 unspecified atom stereocenters. The number of rotatable bonds is 10. The molecule has 0 aliphatic rings. The highest BCUT2D eigenvalue weighted by Gasteiger charge is 1.93. The minimum atomic E-state index is 0.0593. The van der Waals surface area contributed by atoms with Crippen molar-refractivity contribution in [3.8, 4) is 0 Å². The van der Waals surface area contributed by atoms with E-state index in [2.05, 4.69) is 5.38 Å². The number of thiophene rings is 1. The molecule has 1 aromatic rings. The molecule has 1 rings (SSSR count). The highest BCUT2D eigenvalue weighted by molar-refractivity contribution is 7.07. The molecule has 1 heterocycles. The van der Waals surface area contributed by atoms with Gasteiger partial charge in [-0.15, -0.1) is 0 Å². The van der Waals surface area contributed by atoms with Crippen molar-refractivity contribution in [2.24, 2.45) is 0 Å². The van der Waals surface area contributed by atoms with E-state index in [4.69, 9.17) is 19.3 Å². The van der Waals surface area contributed by atoms with Crippen molar-refractivity contribution in [2.45, 2.75) is 6.61 Å². The quantitative estimate of drug-likeness (QED) is 0.632. The molecule has 0 aliphatic heterocycles. The Morgan fingerprint density at radius 1 is 1.00 bits per heavy atom. The largest absolute Gasteiger partial charge is 0.394 e. The van der Waals surface area contributed by atoms with Crippen LogP contribution in [0.5, 0.6) is 0 Å². The lowest BCUT2D eigenvalue weighted by molar-refractivity contribution is 0.00455. The Kier molecular flexibility index (Phi) is 8.28. The summed E-state index contributed by atoms with van der Waals surface area (Å²) in [5.74, 6) is 0. The first-order valence-electron chi connectivity index (χ1n) is 5.28. The Bertz CT molecular complexity index is 238. The summed E-state index contributed by atoms with van der Waals surface area (Å²) >= 11 is 1.67. The second-order valence-corrected chi connectivity index (χ2v) is 3.91. The van der Waals surface area contributed by atoms with Crippen LogP contribution in [0.2, 0.25) is 0 Å². The van der Waals surface area contributed by atoms with Crippen molar-refractivity contribution in [1.29, 1.82) is 0 Å². The molecule has 0 spiro atoms. The van der Waals surface area contributed by atoms with Gasteiger partial charge in [-0.25, -0.2) is 0 Å². The zero-order valence-corrected chi connectivity index (χ0v) is 10.1. The monoisotopic (exact) mass is 246 g/mol. The predicted octanol–water partition coefficient (Wildman–Crippen LogP) is 1.29. The molecule has 1 N–H and O–H groups in total. The zero-order valence-electron chi connectivity index (χ0n) is 9.26. The van der Waals surface area contributed by atoms with Crippen LogP contribution >= 0.6 is 11.3 Å². The summed E-state index contributed by atoms with van der Waals surface area (Å²) in [5, 5.41) is 12.6. The van der Waals surface area contributed by atoms with Crippen molar-refractivity contribution in [2.75, 3.05) is 39.6 Å². The van der Waals surface area contributed by atoms with Crippen LogP contribution in [0.4, 0.5) is 0 Å². The lowest BCUT2D eigenvalue weighted by Gasteiger charge is -2.05. The third-order valence-electron chi connectivity index (χ3n) is 1.83. The summed E-state index contributed by atoms with van der Waals surface area (Å²) in [5.41, 5.74) is 1.20. The first-order valence-corrected chi connectivity index (χ1v) is 6.23. The Hall–Kier alpha value is -0.460. The lowest BCUT2D eigenvalue weighted by atomic mass is 10.4. The van der Waals surface area contributed by atoms with Crippen molar-refractivity contribution < 1.29 is 19.3 Å². The summed E-state index contributed by atoms with van der Waals surface area (Å²) in [7, 11) is 0. The molecule has 5 heteroatoms. The van der Waals surface area contributed by atoms with Crippen molar-refractivity contribution in [3.63, 3.8) is 0 Å². The number of hydrogen-bond donors (Lipinski definition) is 1. The minimum absolute atomic E-state index is 0.0593. The van der Waals surface area contributed by atoms with Crippen LogP contribution in [0.25, 0.3) is 0 Å². The molecule has 0 saturated heterocycles. The average Bonchev–Trinajstić information content (AvgIpc) is 2.80. The van der Waals surface area contributed by atoms with Gasteiger partial charge in [0.25, 0.3) is 0 Å². The van der Waals surface area contributed by atoms with Crippen LogP contribution in [-0.4, -0.2) is 44.7 Å². The summed E-state index contributed by atoms with van der Waals surface area (Å²) in [6.45, 7) is 3.31. The maximum atomic E-state index is 8.44. The molecule has 4 nitrogen and oxygen atoms in total. The van der Waals surface area contributed by atoms with E-state index in [1.54, 1.807) is 11.3 Å². The van der Waals surface area contributed by atoms with Gasteiger partial charge in [0.05, 0.1) is 46.2 Å². The van der Waals surface area contributed by atoms with Gasteiger partial charge < -0.3 is 19.3 Å². The van der Waals surface area contributed by atoms with Gasteiger partial charge in [-0.2, -0.15) is 11.3 Å². The van der Waals surface area contributed by atoms with Gasteiger partial charge in [-0.05, 0) is 22.4 Å². The molecule has 1 aromatic heterocycles. The fraction of sp³-hybridized carbons (Fsp3) is 0.636. The standard InChI is InChI=1S/C11H18O4S/c12-2-3-13-4-5-14-6-7-15-9-11-1-8-16-10-11/h1,8,10,12H,2-7,9H2. The van der Waals surface area contributed by atoms with Crippen LogP contribution < -0.4 is 0 Å². The van der Waals surface area contributed by atoms with Crippen molar-refractivity contribution in [1.82, 2.24) is 0 Å². The molecule has 0 saturated carbocycles. The molecule has 0 atom stereocenters. The van der Waals surface area contributed by atoms with Gasteiger partial charge in [0.1, 0.15) is 0 Å². The van der Waals surface area contributed by atoms with Crippen LogP contribution in [0.15, 0.2) is 16.8 Å². The van der Waals surface area contributed by atoms with Crippen LogP contribution in [0.3, 0.4) is 0 Å². The highest BCUT2D eigenvalue weighted by atomic mass is 32.1. The van der Waals surface area contributed by atoms with Gasteiger partial charge in [-0.1, -0.05) is 0 Å². The second kappa shape index (κ2) is 9.74. The average molecular weight is 246 g/mol. The van der Waals surface area contributed by atoms with E-state index in [0.29, 0.717) is 39.6 Å². The van der Waals surface area contributed by atoms with E-state index in [1.807, 2.05) is 11.4 Å². The maximum absolute atomic E-state index is 8.44. The highest BCUT2D eigenvalue weighted by Crippen LogP contribution is 2.06. The van der Waals surface area contributed by atoms with E-state index >= 15 is 0 Å². The number of aliphatic hydroxyl groups is 1. The Balaban J connectivity index is 1.78. The van der Waals surface area contributed by atoms with Crippen LogP contribution in [0.1, 0.15) is 5.56 Å². The van der Waals surface area contributed by atoms with Crippen LogP contribution in [-0.2, 0) is 20.8 Å². The van der Waals surface area contributed by atoms with Gasteiger partial charge in [0.15, 0.2) is 0 Å². The predicted molar refractivity (Wildman–Crippen MR) is 62.7 cm³/mol. The Morgan fingerprint density at radius 3 is 2.31 bits per heavy atom. The Labute approximate surface area is 99.8 Å². The lowest BCUT2D eigenvalue weighted by Crippen LogP contribution is -2.10. The normalized spacial score (nSPS) is 10.8. The molecule has 0 amide bonds. The second-order valence-electron chi connectivity index (χ2n) is 3.13. The smallest absolute Gasteiger partial charge is 0.0726 e. The molecule has 0 bridgehead atoms. The van der Waals surface area contributed by atoms with E-state index < -0.39 is 0 Å². The van der Waals surface area contributed by atoms with E-state index in [-0.39, 0.29) is 6.61 Å². The third kappa shape index (κ3) is 6.92. The first kappa shape index (κ1) is 13.6. The fourth-order valence-electron chi connectivity index (χ4n) is 1.07. The van der Waals surface area contributed by atoms with Gasteiger partial charge >= 0.3 is 0 Å². The molecule has 0 radical (unpaired) electrons. The van der Waals surface area contributed by atoms with Crippen LogP contribution in [0, 0.1) is 0 Å². The van der Waals surface area contributed by atoms with Crippen molar-refractivity contribution in [3.05, 3.63) is 22.4 Å². The number of hydrogen-bond acceptors (Lipinski definition) is 5. The zero-order chi connectivity index (χ0) is 11.5. The van der Waals surface area contributed by atoms with Gasteiger partial charge in [0, 0.05) is 0 Å². The summed E-state index contributed by atoms with van der Waals surface area (Å²) in [6, 6.07) is 2.05. The maximum Gasteiger partial charge on any atom is 0.0726 e. The molecule has 0 fully saturated rings. The summed E-state index contributed by atoms with van der Waals surface area (Å²) in [6.07, 6.45) is 0. The SMILES string of the molecule is OCCOCCOCCOCc1ccsc1. The van der Waals surface area contributed by atoms with E-state index in [9.17, 15) is 0 Å².